The van der Waals surface area contributed by atoms with Crippen LogP contribution in [-0.4, -0.2) is 41.9 Å². The van der Waals surface area contributed by atoms with E-state index in [9.17, 15) is 19.2 Å². The summed E-state index contributed by atoms with van der Waals surface area (Å²) in [6.07, 6.45) is 7.87. The van der Waals surface area contributed by atoms with Crippen LogP contribution in [0.1, 0.15) is 66.2 Å². The maximum atomic E-state index is 17.7. The summed E-state index contributed by atoms with van der Waals surface area (Å²) in [5.41, 5.74) is -2.44. The maximum Gasteiger partial charge on any atom is 0.306 e. The molecule has 6 atom stereocenters. The van der Waals surface area contributed by atoms with Crippen LogP contribution >= 0.6 is 0 Å². The highest BCUT2D eigenvalue weighted by Gasteiger charge is 2.71. The number of rotatable bonds is 6. The molecule has 0 bridgehead atoms. The molecule has 0 unspecified atom stereocenters. The van der Waals surface area contributed by atoms with E-state index in [-0.39, 0.29) is 36.9 Å². The van der Waals surface area contributed by atoms with E-state index in [2.05, 4.69) is 0 Å². The van der Waals surface area contributed by atoms with Gasteiger partial charge in [-0.25, -0.2) is 4.39 Å². The Kier molecular flexibility index (Phi) is 6.19. The number of carbonyl (C=O) groups excluding carboxylic acids is 4. The molecule has 0 saturated heterocycles. The molecular formula is C27H33FO6. The Balaban J connectivity index is 1.75. The topological polar surface area (TPSA) is 86.7 Å². The van der Waals surface area contributed by atoms with Crippen LogP contribution in [0.3, 0.4) is 0 Å². The molecule has 0 aromatic rings. The first kappa shape index (κ1) is 24.6. The van der Waals surface area contributed by atoms with E-state index in [0.29, 0.717) is 31.3 Å². The van der Waals surface area contributed by atoms with Gasteiger partial charge < -0.3 is 9.47 Å². The predicted molar refractivity (Wildman–Crippen MR) is 122 cm³/mol. The number of allylic oxidation sites excluding steroid dienone is 5. The second kappa shape index (κ2) is 8.58. The van der Waals surface area contributed by atoms with Gasteiger partial charge in [0.1, 0.15) is 6.10 Å². The summed E-state index contributed by atoms with van der Waals surface area (Å²) in [7, 11) is 0. The third-order valence-corrected chi connectivity index (χ3v) is 8.63. The minimum Gasteiger partial charge on any atom is -0.459 e. The lowest BCUT2D eigenvalue weighted by molar-refractivity contribution is -0.207. The molecule has 34 heavy (non-hydrogen) atoms. The smallest absolute Gasteiger partial charge is 0.306 e. The highest BCUT2D eigenvalue weighted by Crippen LogP contribution is 2.68. The van der Waals surface area contributed by atoms with Crippen LogP contribution in [0, 0.1) is 22.7 Å². The van der Waals surface area contributed by atoms with Crippen molar-refractivity contribution in [2.45, 2.75) is 78.0 Å². The zero-order valence-corrected chi connectivity index (χ0v) is 20.3. The number of hydrogen-bond acceptors (Lipinski definition) is 6. The summed E-state index contributed by atoms with van der Waals surface area (Å²) in [6, 6.07) is 0. The van der Waals surface area contributed by atoms with Crippen molar-refractivity contribution in [3.8, 4) is 0 Å². The summed E-state index contributed by atoms with van der Waals surface area (Å²) < 4.78 is 28.5. The van der Waals surface area contributed by atoms with Crippen molar-refractivity contribution in [3.05, 3.63) is 35.5 Å². The van der Waals surface area contributed by atoms with Gasteiger partial charge in [-0.3, -0.25) is 19.2 Å². The lowest BCUT2D eigenvalue weighted by atomic mass is 9.45. The van der Waals surface area contributed by atoms with Gasteiger partial charge in [-0.15, -0.1) is 0 Å². The minimum atomic E-state index is -1.91. The van der Waals surface area contributed by atoms with Crippen molar-refractivity contribution in [3.63, 3.8) is 0 Å². The summed E-state index contributed by atoms with van der Waals surface area (Å²) in [6.45, 7) is 6.49. The van der Waals surface area contributed by atoms with E-state index in [1.54, 1.807) is 13.0 Å². The van der Waals surface area contributed by atoms with Gasteiger partial charge in [-0.2, -0.15) is 0 Å². The highest BCUT2D eigenvalue weighted by molar-refractivity contribution is 6.01. The van der Waals surface area contributed by atoms with Crippen molar-refractivity contribution < 1.29 is 33.0 Å². The van der Waals surface area contributed by atoms with Gasteiger partial charge in [-0.05, 0) is 57.1 Å². The van der Waals surface area contributed by atoms with Gasteiger partial charge in [0.15, 0.2) is 23.8 Å². The van der Waals surface area contributed by atoms with E-state index < -0.39 is 40.5 Å². The quantitative estimate of drug-likeness (QED) is 0.534. The van der Waals surface area contributed by atoms with Gasteiger partial charge in [0, 0.05) is 35.7 Å². The number of alkyl halides is 1. The van der Waals surface area contributed by atoms with Crippen LogP contribution in [0.5, 0.6) is 0 Å². The van der Waals surface area contributed by atoms with E-state index in [1.807, 2.05) is 19.9 Å². The van der Waals surface area contributed by atoms with Gasteiger partial charge in [0.05, 0.1) is 0 Å². The predicted octanol–water partition coefficient (Wildman–Crippen LogP) is 4.38. The van der Waals surface area contributed by atoms with Crippen LogP contribution in [0.2, 0.25) is 0 Å². The highest BCUT2D eigenvalue weighted by atomic mass is 19.1. The average molecular weight is 473 g/mol. The van der Waals surface area contributed by atoms with E-state index in [4.69, 9.17) is 9.47 Å². The fourth-order valence-electron chi connectivity index (χ4n) is 6.97. The first-order chi connectivity index (χ1) is 16.0. The molecular weight excluding hydrogens is 439 g/mol. The van der Waals surface area contributed by atoms with Crippen LogP contribution in [0.4, 0.5) is 4.39 Å². The third kappa shape index (κ3) is 3.59. The Morgan fingerprint density at radius 3 is 2.62 bits per heavy atom. The standard InChI is InChI=1S/C27H33FO6/c1-5-6-24(32)34-23-14-25(3)19(9-10-21(25)22(31)15-33-16(2)29)20-8-7-17-13-18(30)11-12-26(17,4)27(20,23)28/h10-13,19-20,23H,5-9,14-15H2,1-4H3/t19-,20-,23-,25-,26-,27-/m0/s1. The Hall–Kier alpha value is -2.57. The minimum absolute atomic E-state index is 0.155. The monoisotopic (exact) mass is 472 g/mol. The number of carbonyl (C=O) groups is 4. The molecule has 4 aliphatic rings. The molecule has 0 amide bonds. The molecule has 0 aliphatic heterocycles. The maximum absolute atomic E-state index is 17.7. The second-order valence-electron chi connectivity index (χ2n) is 10.5. The largest absolute Gasteiger partial charge is 0.459 e. The van der Waals surface area contributed by atoms with Gasteiger partial charge in [0.2, 0.25) is 0 Å². The molecule has 0 aromatic heterocycles. The molecule has 0 N–H and O–H groups in total. The molecule has 2 fully saturated rings. The third-order valence-electron chi connectivity index (χ3n) is 8.63. The fraction of sp³-hybridized carbons (Fsp3) is 0.630. The molecule has 0 spiro atoms. The first-order valence-electron chi connectivity index (χ1n) is 12.2. The summed E-state index contributed by atoms with van der Waals surface area (Å²) >= 11 is 0. The number of fused-ring (bicyclic) bond motifs is 5. The number of Topliss-reactive ketones (excluding diaryl/α,β-unsaturated/α-hetero) is 1. The van der Waals surface area contributed by atoms with Gasteiger partial charge >= 0.3 is 11.9 Å². The number of esters is 2. The molecule has 4 rings (SSSR count). The van der Waals surface area contributed by atoms with E-state index in [0.717, 1.165) is 5.57 Å². The molecule has 184 valence electrons. The van der Waals surface area contributed by atoms with E-state index >= 15 is 4.39 Å². The second-order valence-corrected chi connectivity index (χ2v) is 10.5. The van der Waals surface area contributed by atoms with Crippen molar-refractivity contribution >= 4 is 23.5 Å². The Morgan fingerprint density at radius 1 is 1.21 bits per heavy atom. The number of hydrogen-bond donors (Lipinski definition) is 0. The Morgan fingerprint density at radius 2 is 1.94 bits per heavy atom. The zero-order chi connectivity index (χ0) is 24.9. The number of halogens is 1. The van der Waals surface area contributed by atoms with Crippen LogP contribution in [-0.2, 0) is 28.7 Å². The SMILES string of the molecule is CCCC(=O)O[C@H]1C[C@]2(C)C(C(=O)COC(C)=O)=CC[C@H]2[C@@H]2CCC3=CC(=O)C=C[C@]3(C)[C@@]12F. The molecule has 7 heteroatoms. The average Bonchev–Trinajstić information content (AvgIpc) is 3.10. The van der Waals surface area contributed by atoms with Crippen LogP contribution < -0.4 is 0 Å². The zero-order valence-electron chi connectivity index (χ0n) is 20.3. The lowest BCUT2D eigenvalue weighted by Gasteiger charge is -2.62. The molecule has 4 aliphatic carbocycles. The van der Waals surface area contributed by atoms with Crippen LogP contribution in [0.15, 0.2) is 35.5 Å². The number of ketones is 2. The van der Waals surface area contributed by atoms with Gasteiger partial charge in [0.25, 0.3) is 0 Å². The fourth-order valence-corrected chi connectivity index (χ4v) is 6.97. The summed E-state index contributed by atoms with van der Waals surface area (Å²) in [5, 5.41) is 0. The van der Waals surface area contributed by atoms with Crippen molar-refractivity contribution in [1.29, 1.82) is 0 Å². The summed E-state index contributed by atoms with van der Waals surface area (Å²) in [4.78, 5) is 48.9. The first-order valence-corrected chi connectivity index (χ1v) is 12.2. The summed E-state index contributed by atoms with van der Waals surface area (Å²) in [5.74, 6) is -2.09. The Labute approximate surface area is 199 Å². The lowest BCUT2D eigenvalue weighted by Crippen LogP contribution is -2.67. The van der Waals surface area contributed by atoms with Crippen molar-refractivity contribution in [2.75, 3.05) is 6.61 Å². The van der Waals surface area contributed by atoms with Crippen LogP contribution in [0.25, 0.3) is 0 Å². The molecule has 0 heterocycles. The molecule has 2 saturated carbocycles. The molecule has 0 aromatic carbocycles. The van der Waals surface area contributed by atoms with Crippen molar-refractivity contribution in [1.82, 2.24) is 0 Å². The Bertz CT molecular complexity index is 1020. The molecule has 0 radical (unpaired) electrons. The molecule has 6 nitrogen and oxygen atoms in total. The van der Waals surface area contributed by atoms with E-state index in [1.165, 1.54) is 19.1 Å². The normalized spacial score (nSPS) is 38.1. The van der Waals surface area contributed by atoms with Gasteiger partial charge in [-0.1, -0.05) is 31.6 Å². The number of ether oxygens (including phenoxy) is 2. The van der Waals surface area contributed by atoms with Crippen molar-refractivity contribution in [2.24, 2.45) is 22.7 Å².